The average Bonchev–Trinajstić information content (AvgIpc) is 2.59. The van der Waals surface area contributed by atoms with Crippen molar-refractivity contribution in [2.75, 3.05) is 11.9 Å². The van der Waals surface area contributed by atoms with Crippen molar-refractivity contribution in [3.05, 3.63) is 64.2 Å². The van der Waals surface area contributed by atoms with E-state index in [4.69, 9.17) is 4.74 Å². The van der Waals surface area contributed by atoms with Crippen LogP contribution in [-0.2, 0) is 4.79 Å². The SMILES string of the molecule is CC(C)c1ccccc1NC(=O)CCCOc1ccccc1[N+](=O)[O-]. The monoisotopic (exact) mass is 342 g/mol. The molecule has 0 radical (unpaired) electrons. The van der Waals surface area contributed by atoms with E-state index >= 15 is 0 Å². The molecule has 1 N–H and O–H groups in total. The van der Waals surface area contributed by atoms with Crippen LogP contribution in [0, 0.1) is 10.1 Å². The van der Waals surface area contributed by atoms with Crippen molar-refractivity contribution >= 4 is 17.3 Å². The van der Waals surface area contributed by atoms with Gasteiger partial charge in [-0.2, -0.15) is 0 Å². The zero-order valence-electron chi connectivity index (χ0n) is 14.4. The van der Waals surface area contributed by atoms with Crippen LogP contribution >= 0.6 is 0 Å². The second-order valence-electron chi connectivity index (χ2n) is 5.97. The largest absolute Gasteiger partial charge is 0.487 e. The second kappa shape index (κ2) is 8.82. The number of nitro benzene ring substituents is 1. The summed E-state index contributed by atoms with van der Waals surface area (Å²) in [7, 11) is 0. The van der Waals surface area contributed by atoms with E-state index in [0.717, 1.165) is 11.3 Å². The van der Waals surface area contributed by atoms with Gasteiger partial charge in [-0.05, 0) is 30.0 Å². The number of benzene rings is 2. The lowest BCUT2D eigenvalue weighted by atomic mass is 10.0. The van der Waals surface area contributed by atoms with Crippen molar-refractivity contribution in [2.45, 2.75) is 32.6 Å². The maximum atomic E-state index is 12.1. The Morgan fingerprint density at radius 1 is 1.16 bits per heavy atom. The molecule has 2 aromatic carbocycles. The Bertz CT molecular complexity index is 744. The van der Waals surface area contributed by atoms with E-state index in [2.05, 4.69) is 19.2 Å². The number of nitro groups is 1. The van der Waals surface area contributed by atoms with E-state index in [1.165, 1.54) is 6.07 Å². The van der Waals surface area contributed by atoms with Crippen LogP contribution in [0.3, 0.4) is 0 Å². The van der Waals surface area contributed by atoms with Gasteiger partial charge in [0.1, 0.15) is 0 Å². The Balaban J connectivity index is 1.83. The number of para-hydroxylation sites is 3. The minimum atomic E-state index is -0.481. The third kappa shape index (κ3) is 5.31. The van der Waals surface area contributed by atoms with Gasteiger partial charge < -0.3 is 10.1 Å². The molecule has 25 heavy (non-hydrogen) atoms. The van der Waals surface area contributed by atoms with Crippen LogP contribution in [0.1, 0.15) is 38.2 Å². The predicted molar refractivity (Wildman–Crippen MR) is 97.0 cm³/mol. The van der Waals surface area contributed by atoms with Gasteiger partial charge in [0.2, 0.25) is 5.91 Å². The Hall–Kier alpha value is -2.89. The van der Waals surface area contributed by atoms with Gasteiger partial charge in [0.15, 0.2) is 5.75 Å². The van der Waals surface area contributed by atoms with Crippen LogP contribution in [0.5, 0.6) is 5.75 Å². The molecule has 1 amide bonds. The number of carbonyl (C=O) groups excluding carboxylic acids is 1. The fraction of sp³-hybridized carbons (Fsp3) is 0.316. The molecular weight excluding hydrogens is 320 g/mol. The molecule has 0 aliphatic carbocycles. The number of anilines is 1. The van der Waals surface area contributed by atoms with E-state index < -0.39 is 4.92 Å². The maximum absolute atomic E-state index is 12.1. The number of nitrogens with one attached hydrogen (secondary N) is 1. The normalized spacial score (nSPS) is 10.5. The highest BCUT2D eigenvalue weighted by Gasteiger charge is 2.14. The van der Waals surface area contributed by atoms with Gasteiger partial charge in [-0.25, -0.2) is 0 Å². The molecule has 0 atom stereocenters. The van der Waals surface area contributed by atoms with Crippen molar-refractivity contribution in [3.8, 4) is 5.75 Å². The summed E-state index contributed by atoms with van der Waals surface area (Å²) in [5, 5.41) is 13.8. The maximum Gasteiger partial charge on any atom is 0.310 e. The van der Waals surface area contributed by atoms with E-state index in [0.29, 0.717) is 12.3 Å². The summed E-state index contributed by atoms with van der Waals surface area (Å²) in [4.78, 5) is 22.5. The fourth-order valence-corrected chi connectivity index (χ4v) is 2.47. The molecule has 0 bridgehead atoms. The van der Waals surface area contributed by atoms with E-state index in [1.54, 1.807) is 18.2 Å². The lowest BCUT2D eigenvalue weighted by molar-refractivity contribution is -0.385. The molecule has 2 aromatic rings. The van der Waals surface area contributed by atoms with Gasteiger partial charge in [0.05, 0.1) is 11.5 Å². The van der Waals surface area contributed by atoms with E-state index in [9.17, 15) is 14.9 Å². The number of rotatable bonds is 8. The van der Waals surface area contributed by atoms with Crippen molar-refractivity contribution < 1.29 is 14.5 Å². The summed E-state index contributed by atoms with van der Waals surface area (Å²) < 4.78 is 5.44. The highest BCUT2D eigenvalue weighted by Crippen LogP contribution is 2.26. The van der Waals surface area contributed by atoms with Crippen molar-refractivity contribution in [1.29, 1.82) is 0 Å². The highest BCUT2D eigenvalue weighted by atomic mass is 16.6. The zero-order valence-corrected chi connectivity index (χ0v) is 14.4. The first-order valence-corrected chi connectivity index (χ1v) is 8.24. The zero-order chi connectivity index (χ0) is 18.2. The second-order valence-corrected chi connectivity index (χ2v) is 5.97. The molecule has 0 saturated heterocycles. The summed E-state index contributed by atoms with van der Waals surface area (Å²) >= 11 is 0. The van der Waals surface area contributed by atoms with Crippen molar-refractivity contribution in [3.63, 3.8) is 0 Å². The van der Waals surface area contributed by atoms with E-state index in [-0.39, 0.29) is 30.4 Å². The third-order valence-corrected chi connectivity index (χ3v) is 3.72. The minimum absolute atomic E-state index is 0.0715. The standard InChI is InChI=1S/C19H22N2O4/c1-14(2)15-8-3-4-9-16(15)20-19(22)12-7-13-25-18-11-6-5-10-17(18)21(23)24/h3-6,8-11,14H,7,12-13H2,1-2H3,(H,20,22). The first-order valence-electron chi connectivity index (χ1n) is 8.24. The van der Waals surface area contributed by atoms with Crippen LogP contribution in [0.4, 0.5) is 11.4 Å². The lowest BCUT2D eigenvalue weighted by Gasteiger charge is -2.13. The number of carbonyl (C=O) groups is 1. The van der Waals surface area contributed by atoms with Gasteiger partial charge in [0, 0.05) is 18.2 Å². The van der Waals surface area contributed by atoms with Crippen LogP contribution in [0.15, 0.2) is 48.5 Å². The number of hydrogen-bond acceptors (Lipinski definition) is 4. The number of amides is 1. The molecule has 0 aliphatic rings. The Kier molecular flexibility index (Phi) is 6.51. The lowest BCUT2D eigenvalue weighted by Crippen LogP contribution is -2.14. The minimum Gasteiger partial charge on any atom is -0.487 e. The first kappa shape index (κ1) is 18.4. The molecule has 0 aromatic heterocycles. The smallest absolute Gasteiger partial charge is 0.310 e. The Labute approximate surface area is 147 Å². The molecule has 0 unspecified atom stereocenters. The molecule has 0 spiro atoms. The quantitative estimate of drug-likeness (QED) is 0.434. The third-order valence-electron chi connectivity index (χ3n) is 3.72. The van der Waals surface area contributed by atoms with Gasteiger partial charge in [0.25, 0.3) is 0 Å². The Morgan fingerprint density at radius 2 is 1.84 bits per heavy atom. The van der Waals surface area contributed by atoms with Crippen LogP contribution in [0.25, 0.3) is 0 Å². The van der Waals surface area contributed by atoms with Gasteiger partial charge in [-0.3, -0.25) is 14.9 Å². The number of ether oxygens (including phenoxy) is 1. The predicted octanol–water partition coefficient (Wildman–Crippen LogP) is 4.52. The summed E-state index contributed by atoms with van der Waals surface area (Å²) in [5.74, 6) is 0.441. The Morgan fingerprint density at radius 3 is 2.56 bits per heavy atom. The number of hydrogen-bond donors (Lipinski definition) is 1. The van der Waals surface area contributed by atoms with Crippen LogP contribution < -0.4 is 10.1 Å². The summed E-state index contributed by atoms with van der Waals surface area (Å²) in [6, 6.07) is 13.9. The molecule has 6 heteroatoms. The van der Waals surface area contributed by atoms with Gasteiger partial charge >= 0.3 is 5.69 Å². The van der Waals surface area contributed by atoms with Gasteiger partial charge in [-0.1, -0.05) is 44.2 Å². The molecule has 0 aliphatic heterocycles. The summed E-state index contributed by atoms with van der Waals surface area (Å²) in [5.41, 5.74) is 1.84. The fourth-order valence-electron chi connectivity index (χ4n) is 2.47. The molecule has 0 saturated carbocycles. The topological polar surface area (TPSA) is 81.5 Å². The molecule has 132 valence electrons. The molecule has 2 rings (SSSR count). The molecular formula is C19H22N2O4. The summed E-state index contributed by atoms with van der Waals surface area (Å²) in [6.07, 6.45) is 0.759. The van der Waals surface area contributed by atoms with Crippen LogP contribution in [-0.4, -0.2) is 17.4 Å². The first-order chi connectivity index (χ1) is 12.0. The molecule has 0 heterocycles. The number of nitrogens with zero attached hydrogens (tertiary/aromatic N) is 1. The molecule has 6 nitrogen and oxygen atoms in total. The summed E-state index contributed by atoms with van der Waals surface area (Å²) in [6.45, 7) is 4.39. The highest BCUT2D eigenvalue weighted by molar-refractivity contribution is 5.91. The van der Waals surface area contributed by atoms with Crippen molar-refractivity contribution in [1.82, 2.24) is 0 Å². The van der Waals surface area contributed by atoms with Crippen LogP contribution in [0.2, 0.25) is 0 Å². The van der Waals surface area contributed by atoms with E-state index in [1.807, 2.05) is 24.3 Å². The van der Waals surface area contributed by atoms with Crippen molar-refractivity contribution in [2.24, 2.45) is 0 Å². The van der Waals surface area contributed by atoms with Gasteiger partial charge in [-0.15, -0.1) is 0 Å². The molecule has 0 fully saturated rings. The average molecular weight is 342 g/mol.